The number of carbonyl (C=O) groups excluding carboxylic acids is 2. The fraction of sp³-hybridized carbons (Fsp3) is 0.385. The molecular formula is C26H29ClN2O5. The summed E-state index contributed by atoms with van der Waals surface area (Å²) < 4.78 is 11.0. The maximum absolute atomic E-state index is 13.2. The van der Waals surface area contributed by atoms with Gasteiger partial charge in [0.2, 0.25) is 0 Å². The zero-order chi connectivity index (χ0) is 24.1. The molecule has 0 saturated carbocycles. The molecule has 8 heteroatoms. The molecular weight excluding hydrogens is 456 g/mol. The lowest BCUT2D eigenvalue weighted by molar-refractivity contribution is -0.140. The minimum absolute atomic E-state index is 0.0662. The number of aliphatic hydroxyl groups is 1. The van der Waals surface area contributed by atoms with Crippen LogP contribution in [-0.2, 0) is 14.3 Å². The van der Waals surface area contributed by atoms with Crippen molar-refractivity contribution in [1.82, 2.24) is 9.80 Å². The average molecular weight is 485 g/mol. The van der Waals surface area contributed by atoms with E-state index in [4.69, 9.17) is 21.1 Å². The molecule has 7 nitrogen and oxygen atoms in total. The lowest BCUT2D eigenvalue weighted by atomic mass is 9.95. The van der Waals surface area contributed by atoms with Crippen LogP contribution in [0.5, 0.6) is 5.75 Å². The van der Waals surface area contributed by atoms with Gasteiger partial charge in [-0.15, -0.1) is 0 Å². The van der Waals surface area contributed by atoms with Crippen LogP contribution in [-0.4, -0.2) is 72.6 Å². The first-order chi connectivity index (χ1) is 16.5. The predicted octanol–water partition coefficient (Wildman–Crippen LogP) is 3.88. The van der Waals surface area contributed by atoms with E-state index >= 15 is 0 Å². The van der Waals surface area contributed by atoms with Crippen molar-refractivity contribution in [2.24, 2.45) is 0 Å². The van der Waals surface area contributed by atoms with E-state index < -0.39 is 17.7 Å². The molecule has 1 atom stereocenters. The summed E-state index contributed by atoms with van der Waals surface area (Å²) in [6.07, 6.45) is 0.884. The van der Waals surface area contributed by atoms with Gasteiger partial charge < -0.3 is 19.5 Å². The zero-order valence-corrected chi connectivity index (χ0v) is 20.0. The number of likely N-dealkylation sites (tertiary alicyclic amines) is 1. The fourth-order valence-corrected chi connectivity index (χ4v) is 4.49. The number of hydrogen-bond acceptors (Lipinski definition) is 6. The first-order valence-corrected chi connectivity index (χ1v) is 11.9. The lowest BCUT2D eigenvalue weighted by Crippen LogP contribution is -2.42. The number of ether oxygens (including phenoxy) is 2. The standard InChI is InChI=1S/C26H29ClN2O5/c1-2-14-34-21-8-6-18(7-9-21)24(30)22-23(19-4-3-5-20(27)17-19)29(26(32)25(22)31)11-10-28-12-15-33-16-13-28/h3-9,17,23,30H,2,10-16H2,1H3/t23-/m1/s1. The molecule has 0 aromatic heterocycles. The quantitative estimate of drug-likeness (QED) is 0.348. The number of amides is 1. The molecule has 2 aliphatic heterocycles. The number of halogens is 1. The van der Waals surface area contributed by atoms with Crippen LogP contribution in [0.1, 0.15) is 30.5 Å². The van der Waals surface area contributed by atoms with Gasteiger partial charge in [-0.2, -0.15) is 0 Å². The third-order valence-corrected chi connectivity index (χ3v) is 6.30. The lowest BCUT2D eigenvalue weighted by Gasteiger charge is -2.31. The third kappa shape index (κ3) is 5.27. The van der Waals surface area contributed by atoms with Crippen LogP contribution in [0.25, 0.3) is 5.76 Å². The normalized spacial score (nSPS) is 20.6. The summed E-state index contributed by atoms with van der Waals surface area (Å²) in [6, 6.07) is 13.2. The van der Waals surface area contributed by atoms with Crippen LogP contribution in [0.3, 0.4) is 0 Å². The molecule has 0 bridgehead atoms. The summed E-state index contributed by atoms with van der Waals surface area (Å²) in [6.45, 7) is 6.42. The van der Waals surface area contributed by atoms with E-state index in [2.05, 4.69) is 4.90 Å². The van der Waals surface area contributed by atoms with Crippen LogP contribution >= 0.6 is 11.6 Å². The number of morpholine rings is 1. The summed E-state index contributed by atoms with van der Waals surface area (Å²) >= 11 is 6.24. The minimum Gasteiger partial charge on any atom is -0.507 e. The molecule has 0 aliphatic carbocycles. The Morgan fingerprint density at radius 2 is 1.85 bits per heavy atom. The van der Waals surface area contributed by atoms with Gasteiger partial charge in [0.1, 0.15) is 11.5 Å². The highest BCUT2D eigenvalue weighted by molar-refractivity contribution is 6.46. The molecule has 0 radical (unpaired) electrons. The maximum atomic E-state index is 13.2. The third-order valence-electron chi connectivity index (χ3n) is 6.07. The molecule has 0 unspecified atom stereocenters. The molecule has 4 rings (SSSR count). The fourth-order valence-electron chi connectivity index (χ4n) is 4.29. The van der Waals surface area contributed by atoms with Gasteiger partial charge in [0.25, 0.3) is 11.7 Å². The molecule has 2 aromatic rings. The van der Waals surface area contributed by atoms with Gasteiger partial charge in [-0.25, -0.2) is 0 Å². The first-order valence-electron chi connectivity index (χ1n) is 11.6. The zero-order valence-electron chi connectivity index (χ0n) is 19.2. The highest BCUT2D eigenvalue weighted by atomic mass is 35.5. The molecule has 0 spiro atoms. The van der Waals surface area contributed by atoms with Gasteiger partial charge in [0, 0.05) is 36.8 Å². The van der Waals surface area contributed by atoms with E-state index in [0.29, 0.717) is 54.8 Å². The molecule has 2 saturated heterocycles. The number of Topliss-reactive ketones (excluding diaryl/α,β-unsaturated/α-hetero) is 1. The van der Waals surface area contributed by atoms with E-state index in [1.54, 1.807) is 42.5 Å². The first kappa shape index (κ1) is 24.3. The second-order valence-electron chi connectivity index (χ2n) is 8.37. The molecule has 1 N–H and O–H groups in total. The van der Waals surface area contributed by atoms with E-state index in [-0.39, 0.29) is 11.3 Å². The van der Waals surface area contributed by atoms with Gasteiger partial charge in [0.05, 0.1) is 31.4 Å². The van der Waals surface area contributed by atoms with Crippen molar-refractivity contribution in [1.29, 1.82) is 0 Å². The van der Waals surface area contributed by atoms with Crippen molar-refractivity contribution < 1.29 is 24.2 Å². The molecule has 2 heterocycles. The second kappa shape index (κ2) is 11.0. The van der Waals surface area contributed by atoms with Crippen LogP contribution in [0, 0.1) is 0 Å². The van der Waals surface area contributed by atoms with Gasteiger partial charge >= 0.3 is 0 Å². The number of carbonyl (C=O) groups is 2. The number of rotatable bonds is 8. The number of ketones is 1. The van der Waals surface area contributed by atoms with Crippen molar-refractivity contribution in [2.75, 3.05) is 46.0 Å². The van der Waals surface area contributed by atoms with Crippen LogP contribution in [0.2, 0.25) is 5.02 Å². The maximum Gasteiger partial charge on any atom is 0.295 e. The van der Waals surface area contributed by atoms with Crippen LogP contribution in [0.4, 0.5) is 0 Å². The Balaban J connectivity index is 1.68. The molecule has 1 amide bonds. The topological polar surface area (TPSA) is 79.3 Å². The van der Waals surface area contributed by atoms with Crippen LogP contribution in [0.15, 0.2) is 54.1 Å². The Morgan fingerprint density at radius 1 is 1.12 bits per heavy atom. The van der Waals surface area contributed by atoms with Crippen molar-refractivity contribution >= 4 is 29.1 Å². The van der Waals surface area contributed by atoms with Crippen molar-refractivity contribution in [3.05, 3.63) is 70.3 Å². The Hall–Kier alpha value is -2.87. The van der Waals surface area contributed by atoms with Crippen molar-refractivity contribution in [2.45, 2.75) is 19.4 Å². The van der Waals surface area contributed by atoms with E-state index in [1.807, 2.05) is 13.0 Å². The summed E-state index contributed by atoms with van der Waals surface area (Å²) in [5, 5.41) is 11.7. The number of aliphatic hydroxyl groups excluding tert-OH is 1. The Labute approximate surface area is 204 Å². The largest absolute Gasteiger partial charge is 0.507 e. The number of benzene rings is 2. The molecule has 2 fully saturated rings. The van der Waals surface area contributed by atoms with Crippen molar-refractivity contribution in [3.63, 3.8) is 0 Å². The van der Waals surface area contributed by atoms with Gasteiger partial charge in [-0.1, -0.05) is 30.7 Å². The Morgan fingerprint density at radius 3 is 2.53 bits per heavy atom. The highest BCUT2D eigenvalue weighted by Crippen LogP contribution is 2.40. The van der Waals surface area contributed by atoms with Crippen molar-refractivity contribution in [3.8, 4) is 5.75 Å². The molecule has 34 heavy (non-hydrogen) atoms. The van der Waals surface area contributed by atoms with E-state index in [0.717, 1.165) is 19.5 Å². The molecule has 180 valence electrons. The SMILES string of the molecule is CCCOc1ccc(C(O)=C2C(=O)C(=O)N(CCN3CCOCC3)[C@@H]2c2cccc(Cl)c2)cc1. The number of hydrogen-bond donors (Lipinski definition) is 1. The van der Waals surface area contributed by atoms with E-state index in [1.165, 1.54) is 4.90 Å². The Bertz CT molecular complexity index is 1060. The summed E-state index contributed by atoms with van der Waals surface area (Å²) in [7, 11) is 0. The average Bonchev–Trinajstić information content (AvgIpc) is 3.11. The monoisotopic (exact) mass is 484 g/mol. The van der Waals surface area contributed by atoms with Gasteiger partial charge in [-0.3, -0.25) is 14.5 Å². The summed E-state index contributed by atoms with van der Waals surface area (Å²) in [5.41, 5.74) is 1.19. The van der Waals surface area contributed by atoms with Crippen LogP contribution < -0.4 is 4.74 Å². The number of nitrogens with zero attached hydrogens (tertiary/aromatic N) is 2. The summed E-state index contributed by atoms with van der Waals surface area (Å²) in [4.78, 5) is 30.0. The smallest absolute Gasteiger partial charge is 0.295 e. The minimum atomic E-state index is -0.726. The highest BCUT2D eigenvalue weighted by Gasteiger charge is 2.46. The van der Waals surface area contributed by atoms with E-state index in [9.17, 15) is 14.7 Å². The Kier molecular flexibility index (Phi) is 7.88. The predicted molar refractivity (Wildman–Crippen MR) is 130 cm³/mol. The molecule has 2 aromatic carbocycles. The second-order valence-corrected chi connectivity index (χ2v) is 8.81. The van der Waals surface area contributed by atoms with Gasteiger partial charge in [0.15, 0.2) is 0 Å². The van der Waals surface area contributed by atoms with Gasteiger partial charge in [-0.05, 0) is 48.4 Å². The molecule has 2 aliphatic rings. The summed E-state index contributed by atoms with van der Waals surface area (Å²) in [5.74, 6) is -0.853.